The lowest BCUT2D eigenvalue weighted by atomic mass is 10.1. The van der Waals surface area contributed by atoms with Gasteiger partial charge in [0.25, 0.3) is 11.8 Å². The summed E-state index contributed by atoms with van der Waals surface area (Å²) >= 11 is 0. The fourth-order valence-electron chi connectivity index (χ4n) is 3.69. The number of urea groups is 1. The zero-order chi connectivity index (χ0) is 27.1. The zero-order valence-electron chi connectivity index (χ0n) is 21.1. The minimum atomic E-state index is -0.834. The molecular weight excluding hydrogens is 492 g/mol. The third kappa shape index (κ3) is 5.86. The van der Waals surface area contributed by atoms with Crippen molar-refractivity contribution < 1.29 is 38.1 Å². The van der Waals surface area contributed by atoms with Crippen molar-refractivity contribution in [1.29, 1.82) is 0 Å². The van der Waals surface area contributed by atoms with Crippen LogP contribution in [0.4, 0.5) is 10.5 Å². The lowest BCUT2D eigenvalue weighted by Crippen LogP contribution is -2.54. The molecule has 1 saturated heterocycles. The number of methoxy groups -OCH3 is 3. The molecule has 10 heteroatoms. The van der Waals surface area contributed by atoms with Gasteiger partial charge >= 0.3 is 6.03 Å². The van der Waals surface area contributed by atoms with Crippen molar-refractivity contribution in [1.82, 2.24) is 5.32 Å². The number of imide groups is 2. The van der Waals surface area contributed by atoms with Gasteiger partial charge in [0.15, 0.2) is 11.5 Å². The van der Waals surface area contributed by atoms with Gasteiger partial charge < -0.3 is 23.7 Å². The molecule has 196 valence electrons. The van der Waals surface area contributed by atoms with Gasteiger partial charge in [-0.1, -0.05) is 12.1 Å². The Balaban J connectivity index is 1.46. The molecule has 4 amide bonds. The zero-order valence-corrected chi connectivity index (χ0v) is 21.1. The average molecular weight is 519 g/mol. The summed E-state index contributed by atoms with van der Waals surface area (Å²) in [6.45, 7) is 0.528. The van der Waals surface area contributed by atoms with E-state index in [-0.39, 0.29) is 18.8 Å². The number of benzene rings is 3. The molecular formula is C28H26N2O8. The number of barbiturate groups is 1. The summed E-state index contributed by atoms with van der Waals surface area (Å²) in [6, 6.07) is 17.7. The quantitative estimate of drug-likeness (QED) is 0.245. The van der Waals surface area contributed by atoms with E-state index in [0.29, 0.717) is 40.0 Å². The second kappa shape index (κ2) is 11.8. The topological polar surface area (TPSA) is 113 Å². The van der Waals surface area contributed by atoms with Gasteiger partial charge in [-0.2, -0.15) is 0 Å². The molecule has 0 aromatic heterocycles. The predicted octanol–water partition coefficient (Wildman–Crippen LogP) is 3.84. The first kappa shape index (κ1) is 26.1. The van der Waals surface area contributed by atoms with Crippen molar-refractivity contribution in [3.8, 4) is 28.7 Å². The highest BCUT2D eigenvalue weighted by Gasteiger charge is 2.36. The van der Waals surface area contributed by atoms with Crippen LogP contribution in [0.1, 0.15) is 5.56 Å². The molecule has 1 heterocycles. The van der Waals surface area contributed by atoms with Crippen molar-refractivity contribution in [2.24, 2.45) is 0 Å². The monoisotopic (exact) mass is 518 g/mol. The standard InChI is InChI=1S/C28H26N2O8/c1-34-20-10-8-19(9-11-20)30-27(32)23(26(31)29-28(30)33)15-18-7-12-24(25(16-18)36-3)38-14-13-37-22-6-4-5-21(17-22)35-2/h4-12,15-17H,13-14H2,1-3H3,(H,29,31,33)/b23-15-. The molecule has 1 aliphatic rings. The second-order valence-electron chi connectivity index (χ2n) is 7.94. The van der Waals surface area contributed by atoms with Crippen LogP contribution in [0.3, 0.4) is 0 Å². The first-order valence-electron chi connectivity index (χ1n) is 11.6. The van der Waals surface area contributed by atoms with Crippen LogP contribution in [0.15, 0.2) is 72.3 Å². The van der Waals surface area contributed by atoms with Crippen molar-refractivity contribution in [2.75, 3.05) is 39.4 Å². The summed E-state index contributed by atoms with van der Waals surface area (Å²) < 4.78 is 27.2. The van der Waals surface area contributed by atoms with E-state index >= 15 is 0 Å². The SMILES string of the molecule is COc1ccc(N2C(=O)NC(=O)/C(=C/c3ccc(OCCOc4cccc(OC)c4)c(OC)c3)C2=O)cc1. The minimum absolute atomic E-state index is 0.206. The highest BCUT2D eigenvalue weighted by Crippen LogP contribution is 2.30. The van der Waals surface area contributed by atoms with Gasteiger partial charge in [0.05, 0.1) is 27.0 Å². The molecule has 10 nitrogen and oxygen atoms in total. The first-order valence-corrected chi connectivity index (χ1v) is 11.6. The molecule has 0 aliphatic carbocycles. The van der Waals surface area contributed by atoms with Crippen LogP contribution in [-0.4, -0.2) is 52.4 Å². The average Bonchev–Trinajstić information content (AvgIpc) is 2.94. The van der Waals surface area contributed by atoms with Crippen molar-refractivity contribution in [2.45, 2.75) is 0 Å². The molecule has 1 fully saturated rings. The number of nitrogens with zero attached hydrogens (tertiary/aromatic N) is 1. The van der Waals surface area contributed by atoms with E-state index in [2.05, 4.69) is 5.32 Å². The van der Waals surface area contributed by atoms with E-state index in [1.54, 1.807) is 55.6 Å². The molecule has 38 heavy (non-hydrogen) atoms. The summed E-state index contributed by atoms with van der Waals surface area (Å²) in [5.74, 6) is 1.21. The number of nitrogens with one attached hydrogen (secondary N) is 1. The molecule has 3 aromatic carbocycles. The predicted molar refractivity (Wildman–Crippen MR) is 139 cm³/mol. The van der Waals surface area contributed by atoms with E-state index in [1.807, 2.05) is 18.2 Å². The third-order valence-corrected chi connectivity index (χ3v) is 5.58. The summed E-state index contributed by atoms with van der Waals surface area (Å²) in [4.78, 5) is 38.9. The maximum atomic E-state index is 13.1. The first-order chi connectivity index (χ1) is 18.4. The lowest BCUT2D eigenvalue weighted by Gasteiger charge is -2.26. The Labute approximate surface area is 219 Å². The maximum absolute atomic E-state index is 13.1. The summed E-state index contributed by atoms with van der Waals surface area (Å²) in [6.07, 6.45) is 1.39. The van der Waals surface area contributed by atoms with Gasteiger partial charge in [0.2, 0.25) is 0 Å². The Hall–Kier alpha value is -4.99. The summed E-state index contributed by atoms with van der Waals surface area (Å²) in [5.41, 5.74) is 0.594. The second-order valence-corrected chi connectivity index (χ2v) is 7.94. The molecule has 0 bridgehead atoms. The third-order valence-electron chi connectivity index (χ3n) is 5.58. The Bertz CT molecular complexity index is 1370. The highest BCUT2D eigenvalue weighted by molar-refractivity contribution is 6.39. The molecule has 1 aliphatic heterocycles. The number of hydrogen-bond acceptors (Lipinski definition) is 8. The number of amides is 4. The lowest BCUT2D eigenvalue weighted by molar-refractivity contribution is -0.122. The molecule has 0 unspecified atom stereocenters. The van der Waals surface area contributed by atoms with Crippen LogP contribution in [-0.2, 0) is 9.59 Å². The molecule has 4 rings (SSSR count). The number of ether oxygens (including phenoxy) is 5. The van der Waals surface area contributed by atoms with E-state index in [1.165, 1.54) is 20.3 Å². The summed E-state index contributed by atoms with van der Waals surface area (Å²) in [7, 11) is 4.57. The molecule has 1 N–H and O–H groups in total. The van der Waals surface area contributed by atoms with Gasteiger partial charge in [-0.15, -0.1) is 0 Å². The van der Waals surface area contributed by atoms with Gasteiger partial charge in [-0.3, -0.25) is 14.9 Å². The molecule has 0 saturated carbocycles. The minimum Gasteiger partial charge on any atom is -0.497 e. The van der Waals surface area contributed by atoms with Crippen molar-refractivity contribution in [3.63, 3.8) is 0 Å². The molecule has 0 atom stereocenters. The Morgan fingerprint density at radius 1 is 0.737 bits per heavy atom. The van der Waals surface area contributed by atoms with Gasteiger partial charge in [0.1, 0.15) is 36.0 Å². The van der Waals surface area contributed by atoms with Crippen LogP contribution in [0.25, 0.3) is 6.08 Å². The van der Waals surface area contributed by atoms with Crippen molar-refractivity contribution >= 4 is 29.6 Å². The molecule has 3 aromatic rings. The van der Waals surface area contributed by atoms with E-state index < -0.39 is 17.8 Å². The Morgan fingerprint density at radius 3 is 2.16 bits per heavy atom. The van der Waals surface area contributed by atoms with E-state index in [9.17, 15) is 14.4 Å². The molecule has 0 radical (unpaired) electrons. The number of hydrogen-bond donors (Lipinski definition) is 1. The van der Waals surface area contributed by atoms with Crippen LogP contribution in [0.2, 0.25) is 0 Å². The number of carbonyl (C=O) groups excluding carboxylic acids is 3. The number of anilines is 1. The van der Waals surface area contributed by atoms with Gasteiger partial charge in [-0.05, 0) is 60.2 Å². The fraction of sp³-hybridized carbons (Fsp3) is 0.179. The fourth-order valence-corrected chi connectivity index (χ4v) is 3.69. The van der Waals surface area contributed by atoms with E-state index in [0.717, 1.165) is 4.90 Å². The smallest absolute Gasteiger partial charge is 0.335 e. The number of carbonyl (C=O) groups is 3. The molecule has 0 spiro atoms. The Kier molecular flexibility index (Phi) is 8.12. The maximum Gasteiger partial charge on any atom is 0.335 e. The number of rotatable bonds is 10. The highest BCUT2D eigenvalue weighted by atomic mass is 16.5. The van der Waals surface area contributed by atoms with Gasteiger partial charge in [-0.25, -0.2) is 9.69 Å². The van der Waals surface area contributed by atoms with Crippen LogP contribution in [0, 0.1) is 0 Å². The van der Waals surface area contributed by atoms with Crippen molar-refractivity contribution in [3.05, 3.63) is 77.9 Å². The van der Waals surface area contributed by atoms with Crippen LogP contribution < -0.4 is 33.9 Å². The van der Waals surface area contributed by atoms with Crippen LogP contribution >= 0.6 is 0 Å². The Morgan fingerprint density at radius 2 is 1.45 bits per heavy atom. The van der Waals surface area contributed by atoms with Crippen LogP contribution in [0.5, 0.6) is 28.7 Å². The van der Waals surface area contributed by atoms with E-state index in [4.69, 9.17) is 23.7 Å². The normalized spacial score (nSPS) is 14.2. The largest absolute Gasteiger partial charge is 0.497 e. The van der Waals surface area contributed by atoms with Gasteiger partial charge in [0, 0.05) is 6.07 Å². The summed E-state index contributed by atoms with van der Waals surface area (Å²) in [5, 5.41) is 2.20.